The van der Waals surface area contributed by atoms with Crippen LogP contribution >= 0.6 is 0 Å². The van der Waals surface area contributed by atoms with E-state index in [1.807, 2.05) is 0 Å². The predicted molar refractivity (Wildman–Crippen MR) is 134 cm³/mol. The summed E-state index contributed by atoms with van der Waals surface area (Å²) in [5.41, 5.74) is 11.0. The van der Waals surface area contributed by atoms with E-state index in [0.717, 1.165) is 37.0 Å². The number of aryl methyl sites for hydroxylation is 1. The highest BCUT2D eigenvalue weighted by atomic mass is 15.1. The van der Waals surface area contributed by atoms with Gasteiger partial charge in [-0.05, 0) is 71.9 Å². The van der Waals surface area contributed by atoms with Crippen molar-refractivity contribution in [1.29, 1.82) is 5.41 Å². The molecule has 1 atom stereocenters. The molecule has 2 heteroatoms. The van der Waals surface area contributed by atoms with E-state index in [1.54, 1.807) is 5.56 Å². The van der Waals surface area contributed by atoms with Gasteiger partial charge in [-0.15, -0.1) is 0 Å². The van der Waals surface area contributed by atoms with E-state index in [4.69, 9.17) is 5.41 Å². The molecule has 0 spiro atoms. The van der Waals surface area contributed by atoms with Gasteiger partial charge in [0.25, 0.3) is 0 Å². The molecule has 1 heterocycles. The van der Waals surface area contributed by atoms with E-state index in [2.05, 4.69) is 90.0 Å². The lowest BCUT2D eigenvalue weighted by Crippen LogP contribution is -2.13. The van der Waals surface area contributed by atoms with Gasteiger partial charge >= 0.3 is 0 Å². The molecule has 158 valence electrons. The Morgan fingerprint density at radius 2 is 1.53 bits per heavy atom. The number of nitrogens with zero attached hydrogens (tertiary/aromatic N) is 1. The summed E-state index contributed by atoms with van der Waals surface area (Å²) in [6.07, 6.45) is 10.2. The van der Waals surface area contributed by atoms with Crippen molar-refractivity contribution in [2.24, 2.45) is 0 Å². The zero-order valence-corrected chi connectivity index (χ0v) is 18.4. The second-order valence-corrected chi connectivity index (χ2v) is 9.17. The molecule has 0 saturated carbocycles. The number of rotatable bonds is 4. The summed E-state index contributed by atoms with van der Waals surface area (Å²) in [6.45, 7) is 0.985. The Balaban J connectivity index is 1.27. The molecule has 0 aromatic heterocycles. The van der Waals surface area contributed by atoms with Crippen molar-refractivity contribution in [3.63, 3.8) is 0 Å². The SMILES string of the molecule is N=C1/C(=C/CCC2CCc3ccccc32)c2ccccc2/C1=C\N1CCc2ccccc21. The zero-order valence-electron chi connectivity index (χ0n) is 18.4. The van der Waals surface area contributed by atoms with Crippen LogP contribution in [-0.2, 0) is 12.8 Å². The van der Waals surface area contributed by atoms with Gasteiger partial charge in [0.15, 0.2) is 0 Å². The highest BCUT2D eigenvalue weighted by Gasteiger charge is 2.28. The summed E-state index contributed by atoms with van der Waals surface area (Å²) >= 11 is 0. The fraction of sp³-hybridized carbons (Fsp3) is 0.233. The molecular formula is C30H28N2. The zero-order chi connectivity index (χ0) is 21.5. The van der Waals surface area contributed by atoms with E-state index >= 15 is 0 Å². The van der Waals surface area contributed by atoms with E-state index in [0.29, 0.717) is 11.6 Å². The molecule has 0 saturated heterocycles. The molecule has 1 unspecified atom stereocenters. The average Bonchev–Trinajstić information content (AvgIpc) is 3.51. The van der Waals surface area contributed by atoms with E-state index in [-0.39, 0.29) is 0 Å². The standard InChI is InChI=1S/C30H28N2/c31-30-27(14-7-10-22-17-16-21-8-1-3-11-24(21)22)25-12-4-5-13-26(25)28(30)20-32-19-18-23-9-2-6-15-29(23)32/h1-6,8-9,11-15,20,22,31H,7,10,16-19H2/b27-14+,28-20+,31-30?. The highest BCUT2D eigenvalue weighted by Crippen LogP contribution is 2.41. The van der Waals surface area contributed by atoms with Crippen molar-refractivity contribution >= 4 is 22.5 Å². The molecule has 3 aliphatic rings. The second kappa shape index (κ2) is 7.94. The largest absolute Gasteiger partial charge is 0.347 e. The van der Waals surface area contributed by atoms with Crippen molar-refractivity contribution in [1.82, 2.24) is 0 Å². The monoisotopic (exact) mass is 416 g/mol. The first kappa shape index (κ1) is 19.3. The Morgan fingerprint density at radius 1 is 0.812 bits per heavy atom. The fourth-order valence-electron chi connectivity index (χ4n) is 5.74. The Labute approximate surface area is 190 Å². The Hall–Kier alpha value is -3.39. The van der Waals surface area contributed by atoms with Gasteiger partial charge in [0.05, 0.1) is 5.71 Å². The van der Waals surface area contributed by atoms with Crippen LogP contribution in [0.5, 0.6) is 0 Å². The first-order chi connectivity index (χ1) is 15.8. The summed E-state index contributed by atoms with van der Waals surface area (Å²) in [5, 5.41) is 9.04. The van der Waals surface area contributed by atoms with Crippen molar-refractivity contribution in [3.8, 4) is 0 Å². The van der Waals surface area contributed by atoms with Gasteiger partial charge in [-0.1, -0.05) is 72.8 Å². The van der Waals surface area contributed by atoms with Crippen LogP contribution < -0.4 is 4.90 Å². The summed E-state index contributed by atoms with van der Waals surface area (Å²) in [7, 11) is 0. The van der Waals surface area contributed by atoms with Gasteiger partial charge in [0.2, 0.25) is 0 Å². The number of fused-ring (bicyclic) bond motifs is 3. The molecule has 0 fully saturated rings. The third-order valence-corrected chi connectivity index (χ3v) is 7.37. The molecule has 0 radical (unpaired) electrons. The van der Waals surface area contributed by atoms with Crippen LogP contribution in [0.3, 0.4) is 0 Å². The number of nitrogens with one attached hydrogen (secondary N) is 1. The van der Waals surface area contributed by atoms with Crippen LogP contribution in [0.2, 0.25) is 0 Å². The first-order valence-corrected chi connectivity index (χ1v) is 11.8. The summed E-state index contributed by atoms with van der Waals surface area (Å²) in [5.74, 6) is 0.657. The van der Waals surface area contributed by atoms with Gasteiger partial charge in [-0.3, -0.25) is 5.41 Å². The molecule has 0 bridgehead atoms. The minimum atomic E-state index is 0.657. The first-order valence-electron chi connectivity index (χ1n) is 11.8. The van der Waals surface area contributed by atoms with Crippen molar-refractivity contribution < 1.29 is 0 Å². The van der Waals surface area contributed by atoms with Crippen molar-refractivity contribution in [3.05, 3.63) is 113 Å². The molecule has 3 aromatic rings. The summed E-state index contributed by atoms with van der Waals surface area (Å²) in [4.78, 5) is 2.33. The quantitative estimate of drug-likeness (QED) is 0.486. The van der Waals surface area contributed by atoms with Gasteiger partial charge in [-0.25, -0.2) is 0 Å². The van der Waals surface area contributed by atoms with Crippen molar-refractivity contribution in [2.75, 3.05) is 11.4 Å². The minimum absolute atomic E-state index is 0.657. The maximum Gasteiger partial charge on any atom is 0.0708 e. The van der Waals surface area contributed by atoms with Crippen LogP contribution in [0, 0.1) is 5.41 Å². The third-order valence-electron chi connectivity index (χ3n) is 7.37. The lowest BCUT2D eigenvalue weighted by molar-refractivity contribution is 0.627. The normalized spacial score (nSPS) is 21.3. The van der Waals surface area contributed by atoms with Gasteiger partial charge in [-0.2, -0.15) is 0 Å². The molecule has 1 aliphatic heterocycles. The van der Waals surface area contributed by atoms with Gasteiger partial charge < -0.3 is 4.90 Å². The Morgan fingerprint density at radius 3 is 2.41 bits per heavy atom. The lowest BCUT2D eigenvalue weighted by atomic mass is 9.95. The van der Waals surface area contributed by atoms with E-state index in [9.17, 15) is 0 Å². The molecular weight excluding hydrogens is 388 g/mol. The highest BCUT2D eigenvalue weighted by molar-refractivity contribution is 6.48. The number of anilines is 1. The van der Waals surface area contributed by atoms with E-state index < -0.39 is 0 Å². The van der Waals surface area contributed by atoms with Crippen LogP contribution in [0.4, 0.5) is 5.69 Å². The molecule has 6 rings (SSSR count). The Kier molecular flexibility index (Phi) is 4.79. The minimum Gasteiger partial charge on any atom is -0.347 e. The number of benzene rings is 3. The van der Waals surface area contributed by atoms with Crippen LogP contribution in [-0.4, -0.2) is 12.3 Å². The average molecular weight is 417 g/mol. The van der Waals surface area contributed by atoms with Gasteiger partial charge in [0, 0.05) is 29.6 Å². The number of allylic oxidation sites excluding steroid dienone is 3. The Bertz CT molecular complexity index is 1260. The number of hydrogen-bond donors (Lipinski definition) is 1. The number of hydrogen-bond acceptors (Lipinski definition) is 2. The summed E-state index contributed by atoms with van der Waals surface area (Å²) < 4.78 is 0. The summed E-state index contributed by atoms with van der Waals surface area (Å²) in [6, 6.07) is 26.1. The second-order valence-electron chi connectivity index (χ2n) is 9.17. The molecule has 1 N–H and O–H groups in total. The molecule has 2 aliphatic carbocycles. The van der Waals surface area contributed by atoms with Crippen LogP contribution in [0.15, 0.2) is 85.1 Å². The number of para-hydroxylation sites is 1. The van der Waals surface area contributed by atoms with Gasteiger partial charge in [0.1, 0.15) is 0 Å². The fourth-order valence-corrected chi connectivity index (χ4v) is 5.74. The topological polar surface area (TPSA) is 27.1 Å². The smallest absolute Gasteiger partial charge is 0.0708 e. The van der Waals surface area contributed by atoms with Crippen LogP contribution in [0.25, 0.3) is 11.1 Å². The molecule has 3 aromatic carbocycles. The third kappa shape index (κ3) is 3.22. The maximum atomic E-state index is 9.04. The molecule has 0 amide bonds. The predicted octanol–water partition coefficient (Wildman–Crippen LogP) is 7.02. The van der Waals surface area contributed by atoms with Crippen LogP contribution in [0.1, 0.15) is 53.0 Å². The lowest BCUT2D eigenvalue weighted by Gasteiger charge is -2.15. The van der Waals surface area contributed by atoms with E-state index in [1.165, 1.54) is 40.8 Å². The molecule has 32 heavy (non-hydrogen) atoms. The molecule has 2 nitrogen and oxygen atoms in total. The van der Waals surface area contributed by atoms with Crippen molar-refractivity contribution in [2.45, 2.75) is 38.0 Å². The maximum absolute atomic E-state index is 9.04.